The van der Waals surface area contributed by atoms with Crippen molar-refractivity contribution in [2.24, 2.45) is 5.92 Å². The monoisotopic (exact) mass is 183 g/mol. The molecular weight excluding hydrogens is 162 g/mol. The number of rotatable bonds is 4. The molecule has 0 unspecified atom stereocenters. The third-order valence-electron chi connectivity index (χ3n) is 3.40. The van der Waals surface area contributed by atoms with Crippen LogP contribution in [0.3, 0.4) is 0 Å². The molecular formula is C11H21NO. The lowest BCUT2D eigenvalue weighted by molar-refractivity contribution is 0.0625. The van der Waals surface area contributed by atoms with Crippen LogP contribution in [0.25, 0.3) is 0 Å². The standard InChI is InChI=1S/C11H21NO/c1-13-11-6-4-10(5-7-11)12-8-9-2-3-9/h9-12H,2-8H2,1H3. The van der Waals surface area contributed by atoms with Crippen molar-refractivity contribution in [3.05, 3.63) is 0 Å². The summed E-state index contributed by atoms with van der Waals surface area (Å²) in [7, 11) is 1.84. The molecule has 0 aromatic carbocycles. The third kappa shape index (κ3) is 2.96. The summed E-state index contributed by atoms with van der Waals surface area (Å²) in [5, 5.41) is 3.67. The smallest absolute Gasteiger partial charge is 0.0572 e. The molecule has 0 saturated heterocycles. The lowest BCUT2D eigenvalue weighted by atomic mass is 9.93. The normalized spacial score (nSPS) is 34.8. The van der Waals surface area contributed by atoms with E-state index in [4.69, 9.17) is 4.74 Å². The summed E-state index contributed by atoms with van der Waals surface area (Å²) < 4.78 is 5.35. The average Bonchev–Trinajstić information content (AvgIpc) is 2.99. The molecule has 13 heavy (non-hydrogen) atoms. The molecule has 2 rings (SSSR count). The van der Waals surface area contributed by atoms with E-state index in [0.29, 0.717) is 6.10 Å². The lowest BCUT2D eigenvalue weighted by Gasteiger charge is -2.28. The highest BCUT2D eigenvalue weighted by Crippen LogP contribution is 2.28. The number of hydrogen-bond acceptors (Lipinski definition) is 2. The van der Waals surface area contributed by atoms with Gasteiger partial charge >= 0.3 is 0 Å². The molecule has 0 aromatic heterocycles. The van der Waals surface area contributed by atoms with Crippen molar-refractivity contribution in [1.29, 1.82) is 0 Å². The Labute approximate surface area is 81.0 Å². The van der Waals surface area contributed by atoms with Gasteiger partial charge in [0, 0.05) is 13.2 Å². The SMILES string of the molecule is COC1CCC(NCC2CC2)CC1. The highest BCUT2D eigenvalue weighted by Gasteiger charge is 2.24. The molecule has 0 radical (unpaired) electrons. The Kier molecular flexibility index (Phi) is 3.23. The van der Waals surface area contributed by atoms with Gasteiger partial charge in [-0.05, 0) is 51.0 Å². The zero-order valence-corrected chi connectivity index (χ0v) is 8.59. The summed E-state index contributed by atoms with van der Waals surface area (Å²) in [4.78, 5) is 0. The first kappa shape index (κ1) is 9.47. The summed E-state index contributed by atoms with van der Waals surface area (Å²) in [6.07, 6.45) is 8.58. The Morgan fingerprint density at radius 3 is 2.31 bits per heavy atom. The van der Waals surface area contributed by atoms with Crippen LogP contribution in [-0.4, -0.2) is 25.8 Å². The van der Waals surface area contributed by atoms with E-state index in [0.717, 1.165) is 12.0 Å². The molecule has 0 amide bonds. The minimum Gasteiger partial charge on any atom is -0.381 e. The zero-order valence-electron chi connectivity index (χ0n) is 8.59. The predicted octanol–water partition coefficient (Wildman–Crippen LogP) is 1.94. The number of methoxy groups -OCH3 is 1. The summed E-state index contributed by atoms with van der Waals surface area (Å²) in [5.41, 5.74) is 0. The molecule has 2 aliphatic rings. The molecule has 0 spiro atoms. The lowest BCUT2D eigenvalue weighted by Crippen LogP contribution is -2.36. The highest BCUT2D eigenvalue weighted by molar-refractivity contribution is 4.81. The van der Waals surface area contributed by atoms with Crippen molar-refractivity contribution in [3.8, 4) is 0 Å². The third-order valence-corrected chi connectivity index (χ3v) is 3.40. The van der Waals surface area contributed by atoms with E-state index in [1.54, 1.807) is 0 Å². The molecule has 2 aliphatic carbocycles. The molecule has 2 saturated carbocycles. The van der Waals surface area contributed by atoms with Gasteiger partial charge in [0.1, 0.15) is 0 Å². The fourth-order valence-corrected chi connectivity index (χ4v) is 2.16. The second-order valence-electron chi connectivity index (χ2n) is 4.56. The van der Waals surface area contributed by atoms with Gasteiger partial charge in [-0.2, -0.15) is 0 Å². The second kappa shape index (κ2) is 4.43. The van der Waals surface area contributed by atoms with Crippen molar-refractivity contribution < 1.29 is 4.74 Å². The van der Waals surface area contributed by atoms with E-state index in [-0.39, 0.29) is 0 Å². The van der Waals surface area contributed by atoms with E-state index in [1.165, 1.54) is 45.1 Å². The summed E-state index contributed by atoms with van der Waals surface area (Å²) in [6, 6.07) is 0.784. The first-order valence-corrected chi connectivity index (χ1v) is 5.64. The first-order chi connectivity index (χ1) is 6.38. The van der Waals surface area contributed by atoms with E-state index in [1.807, 2.05) is 7.11 Å². The largest absolute Gasteiger partial charge is 0.381 e. The summed E-state index contributed by atoms with van der Waals surface area (Å²) in [5.74, 6) is 1.01. The van der Waals surface area contributed by atoms with E-state index < -0.39 is 0 Å². The van der Waals surface area contributed by atoms with Crippen molar-refractivity contribution in [3.63, 3.8) is 0 Å². The van der Waals surface area contributed by atoms with Crippen LogP contribution in [0.1, 0.15) is 38.5 Å². The fraction of sp³-hybridized carbons (Fsp3) is 1.00. The molecule has 1 N–H and O–H groups in total. The van der Waals surface area contributed by atoms with Crippen LogP contribution in [0.4, 0.5) is 0 Å². The Hall–Kier alpha value is -0.0800. The highest BCUT2D eigenvalue weighted by atomic mass is 16.5. The average molecular weight is 183 g/mol. The maximum atomic E-state index is 5.35. The van der Waals surface area contributed by atoms with E-state index in [9.17, 15) is 0 Å². The van der Waals surface area contributed by atoms with Crippen LogP contribution in [0.15, 0.2) is 0 Å². The molecule has 2 nitrogen and oxygen atoms in total. The van der Waals surface area contributed by atoms with E-state index >= 15 is 0 Å². The zero-order chi connectivity index (χ0) is 9.10. The van der Waals surface area contributed by atoms with E-state index in [2.05, 4.69) is 5.32 Å². The summed E-state index contributed by atoms with van der Waals surface area (Å²) in [6.45, 7) is 1.27. The van der Waals surface area contributed by atoms with Crippen LogP contribution >= 0.6 is 0 Å². The molecule has 0 atom stereocenters. The van der Waals surface area contributed by atoms with Gasteiger partial charge in [0.25, 0.3) is 0 Å². The summed E-state index contributed by atoms with van der Waals surface area (Å²) >= 11 is 0. The molecule has 2 heteroatoms. The minimum absolute atomic E-state index is 0.541. The van der Waals surface area contributed by atoms with Gasteiger partial charge in [-0.15, -0.1) is 0 Å². The quantitative estimate of drug-likeness (QED) is 0.719. The fourth-order valence-electron chi connectivity index (χ4n) is 2.16. The Morgan fingerprint density at radius 1 is 1.08 bits per heavy atom. The van der Waals surface area contributed by atoms with Gasteiger partial charge in [-0.3, -0.25) is 0 Å². The van der Waals surface area contributed by atoms with Gasteiger partial charge in [0.05, 0.1) is 6.10 Å². The topological polar surface area (TPSA) is 21.3 Å². The van der Waals surface area contributed by atoms with Crippen LogP contribution in [0, 0.1) is 5.92 Å². The number of hydrogen-bond donors (Lipinski definition) is 1. The van der Waals surface area contributed by atoms with Crippen molar-refractivity contribution in [2.75, 3.05) is 13.7 Å². The molecule has 0 aromatic rings. The van der Waals surface area contributed by atoms with Gasteiger partial charge in [0.2, 0.25) is 0 Å². The molecule has 0 bridgehead atoms. The second-order valence-corrected chi connectivity index (χ2v) is 4.56. The molecule has 2 fully saturated rings. The van der Waals surface area contributed by atoms with Crippen molar-refractivity contribution in [1.82, 2.24) is 5.32 Å². The van der Waals surface area contributed by atoms with Crippen LogP contribution in [0.5, 0.6) is 0 Å². The first-order valence-electron chi connectivity index (χ1n) is 5.64. The van der Waals surface area contributed by atoms with Gasteiger partial charge in [0.15, 0.2) is 0 Å². The Balaban J connectivity index is 1.59. The maximum absolute atomic E-state index is 5.35. The van der Waals surface area contributed by atoms with Crippen molar-refractivity contribution >= 4 is 0 Å². The van der Waals surface area contributed by atoms with Gasteiger partial charge in [-0.25, -0.2) is 0 Å². The molecule has 0 heterocycles. The number of ether oxygens (including phenoxy) is 1. The van der Waals surface area contributed by atoms with Gasteiger partial charge < -0.3 is 10.1 Å². The van der Waals surface area contributed by atoms with Crippen LogP contribution in [0.2, 0.25) is 0 Å². The maximum Gasteiger partial charge on any atom is 0.0572 e. The van der Waals surface area contributed by atoms with Crippen LogP contribution < -0.4 is 5.32 Å². The van der Waals surface area contributed by atoms with Gasteiger partial charge in [-0.1, -0.05) is 0 Å². The molecule has 76 valence electrons. The Morgan fingerprint density at radius 2 is 1.77 bits per heavy atom. The molecule has 0 aliphatic heterocycles. The Bertz CT molecular complexity index is 148. The number of nitrogens with one attached hydrogen (secondary N) is 1. The van der Waals surface area contributed by atoms with Crippen LogP contribution in [-0.2, 0) is 4.74 Å². The van der Waals surface area contributed by atoms with Crippen molar-refractivity contribution in [2.45, 2.75) is 50.7 Å². The predicted molar refractivity (Wildman–Crippen MR) is 53.8 cm³/mol. The minimum atomic E-state index is 0.541.